The molecule has 0 atom stereocenters. The number of rotatable bonds is 2. The first-order chi connectivity index (χ1) is 9.12. The van der Waals surface area contributed by atoms with E-state index in [4.69, 9.17) is 0 Å². The van der Waals surface area contributed by atoms with Crippen LogP contribution in [0.2, 0.25) is 0 Å². The Labute approximate surface area is 108 Å². The van der Waals surface area contributed by atoms with Crippen molar-refractivity contribution in [2.45, 2.75) is 5.41 Å². The predicted molar refractivity (Wildman–Crippen MR) is 66.7 cm³/mol. The molecule has 98 valence electrons. The second kappa shape index (κ2) is 4.11. The van der Waals surface area contributed by atoms with E-state index in [1.165, 1.54) is 36.4 Å². The number of halogens is 2. The van der Waals surface area contributed by atoms with E-state index in [1.807, 2.05) is 0 Å². The Morgan fingerprint density at radius 1 is 0.789 bits per heavy atom. The molecule has 3 rings (SSSR count). The summed E-state index contributed by atoms with van der Waals surface area (Å²) in [5, 5.41) is 19.4. The Morgan fingerprint density at radius 2 is 1.21 bits per heavy atom. The molecule has 0 saturated heterocycles. The van der Waals surface area contributed by atoms with Crippen LogP contribution in [0.4, 0.5) is 8.78 Å². The van der Waals surface area contributed by atoms with E-state index < -0.39 is 17.0 Å². The van der Waals surface area contributed by atoms with Gasteiger partial charge >= 0.3 is 0 Å². The summed E-state index contributed by atoms with van der Waals surface area (Å²) in [4.78, 5) is 0. The highest BCUT2D eigenvalue weighted by atomic mass is 19.1. The fraction of sp³-hybridized carbons (Fsp3) is 0.200. The summed E-state index contributed by atoms with van der Waals surface area (Å²) in [6, 6.07) is 8.24. The van der Waals surface area contributed by atoms with Gasteiger partial charge in [0.25, 0.3) is 0 Å². The van der Waals surface area contributed by atoms with Gasteiger partial charge in [0.15, 0.2) is 0 Å². The lowest BCUT2D eigenvalue weighted by Crippen LogP contribution is -2.34. The minimum atomic E-state index is -0.994. The molecule has 0 heterocycles. The zero-order chi connectivity index (χ0) is 13.6. The molecular formula is C15H12F2O2. The van der Waals surface area contributed by atoms with Gasteiger partial charge in [-0.2, -0.15) is 0 Å². The third kappa shape index (κ3) is 1.54. The van der Waals surface area contributed by atoms with Gasteiger partial charge in [0.1, 0.15) is 11.6 Å². The molecule has 1 aliphatic rings. The number of aliphatic hydroxyl groups excluding tert-OH is 2. The Balaban J connectivity index is 2.39. The fourth-order valence-electron chi connectivity index (χ4n) is 2.85. The van der Waals surface area contributed by atoms with Gasteiger partial charge in [-0.05, 0) is 46.5 Å². The van der Waals surface area contributed by atoms with Gasteiger partial charge in [-0.15, -0.1) is 0 Å². The first-order valence-electron chi connectivity index (χ1n) is 5.94. The van der Waals surface area contributed by atoms with Gasteiger partial charge in [0, 0.05) is 0 Å². The summed E-state index contributed by atoms with van der Waals surface area (Å²) in [6.45, 7) is -0.637. The molecule has 2 aromatic rings. The van der Waals surface area contributed by atoms with Crippen molar-refractivity contribution < 1.29 is 19.0 Å². The molecule has 2 aromatic carbocycles. The van der Waals surface area contributed by atoms with Crippen LogP contribution in [-0.2, 0) is 5.41 Å². The lowest BCUT2D eigenvalue weighted by molar-refractivity contribution is 0.146. The molecule has 0 saturated carbocycles. The largest absolute Gasteiger partial charge is 0.395 e. The average Bonchev–Trinajstić information content (AvgIpc) is 2.68. The molecule has 1 aliphatic carbocycles. The fourth-order valence-corrected chi connectivity index (χ4v) is 2.85. The van der Waals surface area contributed by atoms with Crippen LogP contribution in [0, 0.1) is 11.6 Å². The summed E-state index contributed by atoms with van der Waals surface area (Å²) in [5.74, 6) is -0.860. The third-order valence-corrected chi connectivity index (χ3v) is 3.82. The van der Waals surface area contributed by atoms with Crippen LogP contribution in [0.25, 0.3) is 11.1 Å². The second-order valence-corrected chi connectivity index (χ2v) is 4.78. The van der Waals surface area contributed by atoms with E-state index in [9.17, 15) is 19.0 Å². The summed E-state index contributed by atoms with van der Waals surface area (Å²) in [7, 11) is 0. The van der Waals surface area contributed by atoms with Crippen molar-refractivity contribution in [1.29, 1.82) is 0 Å². The summed E-state index contributed by atoms with van der Waals surface area (Å²) >= 11 is 0. The minimum Gasteiger partial charge on any atom is -0.395 e. The van der Waals surface area contributed by atoms with E-state index in [-0.39, 0.29) is 13.2 Å². The third-order valence-electron chi connectivity index (χ3n) is 3.82. The molecule has 0 unspecified atom stereocenters. The maximum atomic E-state index is 13.4. The first-order valence-corrected chi connectivity index (χ1v) is 5.94. The molecule has 0 amide bonds. The highest BCUT2D eigenvalue weighted by Gasteiger charge is 2.42. The quantitative estimate of drug-likeness (QED) is 0.871. The van der Waals surface area contributed by atoms with Crippen LogP contribution < -0.4 is 0 Å². The van der Waals surface area contributed by atoms with Crippen LogP contribution in [0.3, 0.4) is 0 Å². The lowest BCUT2D eigenvalue weighted by atomic mass is 9.80. The van der Waals surface area contributed by atoms with Gasteiger partial charge in [-0.25, -0.2) is 8.78 Å². The van der Waals surface area contributed by atoms with Crippen LogP contribution >= 0.6 is 0 Å². The molecule has 0 radical (unpaired) electrons. The highest BCUT2D eigenvalue weighted by Crippen LogP contribution is 2.48. The van der Waals surface area contributed by atoms with Crippen molar-refractivity contribution in [3.63, 3.8) is 0 Å². The standard InChI is InChI=1S/C15H12F2O2/c16-9-1-3-13-11(5-9)12-6-10(17)2-4-14(12)15(13,7-18)8-19/h1-6,18-19H,7-8H2. The number of hydrogen-bond acceptors (Lipinski definition) is 2. The van der Waals surface area contributed by atoms with Crippen molar-refractivity contribution >= 4 is 0 Å². The molecule has 0 spiro atoms. The van der Waals surface area contributed by atoms with E-state index in [0.717, 1.165) is 0 Å². The smallest absolute Gasteiger partial charge is 0.123 e. The molecule has 0 aliphatic heterocycles. The van der Waals surface area contributed by atoms with E-state index in [2.05, 4.69) is 0 Å². The molecule has 2 nitrogen and oxygen atoms in total. The average molecular weight is 262 g/mol. The summed E-state index contributed by atoms with van der Waals surface area (Å²) in [5.41, 5.74) is 1.31. The first kappa shape index (κ1) is 12.3. The SMILES string of the molecule is OCC1(CO)c2ccc(F)cc2-c2cc(F)ccc21. The van der Waals surface area contributed by atoms with Crippen LogP contribution in [0.5, 0.6) is 0 Å². The van der Waals surface area contributed by atoms with Gasteiger partial charge in [0.05, 0.1) is 18.6 Å². The monoisotopic (exact) mass is 262 g/mol. The molecule has 0 fully saturated rings. The zero-order valence-corrected chi connectivity index (χ0v) is 10.0. The van der Waals surface area contributed by atoms with Crippen LogP contribution in [0.15, 0.2) is 36.4 Å². The summed E-state index contributed by atoms with van der Waals surface area (Å²) in [6.07, 6.45) is 0. The van der Waals surface area contributed by atoms with Gasteiger partial charge in [0.2, 0.25) is 0 Å². The van der Waals surface area contributed by atoms with Crippen molar-refractivity contribution in [2.24, 2.45) is 0 Å². The van der Waals surface area contributed by atoms with E-state index in [1.54, 1.807) is 0 Å². The van der Waals surface area contributed by atoms with Crippen LogP contribution in [-0.4, -0.2) is 23.4 Å². The normalized spacial score (nSPS) is 15.2. The summed E-state index contributed by atoms with van der Waals surface area (Å²) < 4.78 is 26.8. The number of aliphatic hydroxyl groups is 2. The maximum Gasteiger partial charge on any atom is 0.123 e. The van der Waals surface area contributed by atoms with Crippen molar-refractivity contribution in [3.05, 3.63) is 59.2 Å². The minimum absolute atomic E-state index is 0.319. The highest BCUT2D eigenvalue weighted by molar-refractivity contribution is 5.81. The van der Waals surface area contributed by atoms with E-state index >= 15 is 0 Å². The second-order valence-electron chi connectivity index (χ2n) is 4.78. The van der Waals surface area contributed by atoms with Gasteiger partial charge in [-0.1, -0.05) is 12.1 Å². The van der Waals surface area contributed by atoms with Crippen molar-refractivity contribution in [2.75, 3.05) is 13.2 Å². The molecule has 0 bridgehead atoms. The van der Waals surface area contributed by atoms with Crippen molar-refractivity contribution in [1.82, 2.24) is 0 Å². The van der Waals surface area contributed by atoms with Gasteiger partial charge < -0.3 is 10.2 Å². The molecule has 4 heteroatoms. The topological polar surface area (TPSA) is 40.5 Å². The number of fused-ring (bicyclic) bond motifs is 3. The van der Waals surface area contributed by atoms with Crippen LogP contribution in [0.1, 0.15) is 11.1 Å². The Kier molecular flexibility index (Phi) is 2.66. The van der Waals surface area contributed by atoms with E-state index in [0.29, 0.717) is 22.3 Å². The van der Waals surface area contributed by atoms with Gasteiger partial charge in [-0.3, -0.25) is 0 Å². The lowest BCUT2D eigenvalue weighted by Gasteiger charge is -2.27. The van der Waals surface area contributed by atoms with Crippen molar-refractivity contribution in [3.8, 4) is 11.1 Å². The zero-order valence-electron chi connectivity index (χ0n) is 10.0. The Hall–Kier alpha value is -1.78. The molecule has 2 N–H and O–H groups in total. The molecule has 19 heavy (non-hydrogen) atoms. The molecule has 0 aromatic heterocycles. The number of benzene rings is 2. The number of hydrogen-bond donors (Lipinski definition) is 2. The Morgan fingerprint density at radius 3 is 1.58 bits per heavy atom. The Bertz CT molecular complexity index is 595. The molecular weight excluding hydrogens is 250 g/mol. The maximum absolute atomic E-state index is 13.4. The predicted octanol–water partition coefficient (Wildman–Crippen LogP) is 2.22.